The lowest BCUT2D eigenvalue weighted by Crippen LogP contribution is -2.42. The first kappa shape index (κ1) is 10.8. The molecule has 0 aromatic heterocycles. The molecule has 16 heavy (non-hydrogen) atoms. The van der Waals surface area contributed by atoms with Gasteiger partial charge in [-0.1, -0.05) is 6.92 Å². The number of epoxide rings is 1. The first-order valence-electron chi connectivity index (χ1n) is 6.69. The molecule has 0 bridgehead atoms. The van der Waals surface area contributed by atoms with Crippen LogP contribution in [-0.2, 0) is 9.53 Å². The van der Waals surface area contributed by atoms with E-state index in [0.29, 0.717) is 11.7 Å². The Labute approximate surface area is 97.7 Å². The van der Waals surface area contributed by atoms with Crippen LogP contribution in [-0.4, -0.2) is 17.0 Å². The molecule has 1 spiro atoms. The van der Waals surface area contributed by atoms with Crippen LogP contribution in [0.4, 0.5) is 0 Å². The first-order valence-corrected chi connectivity index (χ1v) is 6.69. The first-order chi connectivity index (χ1) is 7.49. The number of hydrogen-bond acceptors (Lipinski definition) is 2. The molecule has 1 saturated heterocycles. The molecule has 2 saturated carbocycles. The van der Waals surface area contributed by atoms with E-state index >= 15 is 0 Å². The van der Waals surface area contributed by atoms with Crippen LogP contribution in [0.2, 0.25) is 0 Å². The van der Waals surface area contributed by atoms with Crippen LogP contribution < -0.4 is 0 Å². The van der Waals surface area contributed by atoms with Gasteiger partial charge in [-0.2, -0.15) is 0 Å². The molecule has 0 aromatic carbocycles. The zero-order valence-corrected chi connectivity index (χ0v) is 10.6. The Balaban J connectivity index is 1.89. The van der Waals surface area contributed by atoms with Gasteiger partial charge in [0.15, 0.2) is 0 Å². The van der Waals surface area contributed by atoms with Gasteiger partial charge in [0.1, 0.15) is 11.4 Å². The number of rotatable bonds is 2. The van der Waals surface area contributed by atoms with Crippen LogP contribution in [0.3, 0.4) is 0 Å². The molecule has 3 rings (SSSR count). The van der Waals surface area contributed by atoms with E-state index in [1.807, 2.05) is 0 Å². The summed E-state index contributed by atoms with van der Waals surface area (Å²) in [5.74, 6) is 2.33. The van der Waals surface area contributed by atoms with E-state index < -0.39 is 0 Å². The molecule has 3 fully saturated rings. The molecular formula is C14H22O2. The smallest absolute Gasteiger partial charge is 0.130 e. The standard InChI is InChI=1S/C14H22O2/c1-9-4-5-11(8-10(2)15)14-12(9)6-7-13(14,3)16-14/h9,11-12H,4-8H2,1-3H3. The summed E-state index contributed by atoms with van der Waals surface area (Å²) >= 11 is 0. The normalized spacial score (nSPS) is 54.3. The van der Waals surface area contributed by atoms with Gasteiger partial charge >= 0.3 is 0 Å². The number of Topliss-reactive ketones (excluding diaryl/α,β-unsaturated/α-hetero) is 1. The minimum Gasteiger partial charge on any atom is -0.362 e. The Morgan fingerprint density at radius 2 is 2.12 bits per heavy atom. The molecule has 2 heteroatoms. The third-order valence-corrected chi connectivity index (χ3v) is 5.46. The second kappa shape index (κ2) is 3.10. The van der Waals surface area contributed by atoms with E-state index in [1.54, 1.807) is 6.92 Å². The fourth-order valence-electron chi connectivity index (χ4n) is 4.71. The highest BCUT2D eigenvalue weighted by Crippen LogP contribution is 2.70. The number of carbonyl (C=O) groups excluding carboxylic acids is 1. The molecule has 2 nitrogen and oxygen atoms in total. The van der Waals surface area contributed by atoms with E-state index in [2.05, 4.69) is 13.8 Å². The Kier molecular flexibility index (Phi) is 2.08. The highest BCUT2D eigenvalue weighted by molar-refractivity contribution is 5.76. The van der Waals surface area contributed by atoms with Gasteiger partial charge in [-0.05, 0) is 57.3 Å². The average Bonchev–Trinajstić information content (AvgIpc) is 2.68. The van der Waals surface area contributed by atoms with Crippen LogP contribution in [0.1, 0.15) is 52.9 Å². The fourth-order valence-corrected chi connectivity index (χ4v) is 4.71. The predicted molar refractivity (Wildman–Crippen MR) is 62.1 cm³/mol. The van der Waals surface area contributed by atoms with Gasteiger partial charge in [0.05, 0.1) is 5.60 Å². The highest BCUT2D eigenvalue weighted by Gasteiger charge is 2.77. The molecule has 90 valence electrons. The number of ether oxygens (including phenoxy) is 1. The molecule has 2 aliphatic carbocycles. The van der Waals surface area contributed by atoms with Gasteiger partial charge in [0.2, 0.25) is 0 Å². The maximum absolute atomic E-state index is 11.4. The summed E-state index contributed by atoms with van der Waals surface area (Å²) in [6.45, 7) is 6.35. The SMILES string of the molecule is CC(=O)CC1CCC(C)C2CCC3(C)OC123. The Bertz CT molecular complexity index is 338. The fraction of sp³-hybridized carbons (Fsp3) is 0.929. The molecule has 0 amide bonds. The lowest BCUT2D eigenvalue weighted by molar-refractivity contribution is -0.119. The lowest BCUT2D eigenvalue weighted by Gasteiger charge is -2.38. The maximum Gasteiger partial charge on any atom is 0.130 e. The zero-order chi connectivity index (χ0) is 11.6. The van der Waals surface area contributed by atoms with E-state index in [1.165, 1.54) is 25.7 Å². The van der Waals surface area contributed by atoms with E-state index in [9.17, 15) is 4.79 Å². The van der Waals surface area contributed by atoms with Crippen molar-refractivity contribution in [1.29, 1.82) is 0 Å². The summed E-state index contributed by atoms with van der Waals surface area (Å²) in [5, 5.41) is 0. The van der Waals surface area contributed by atoms with Crippen molar-refractivity contribution in [3.05, 3.63) is 0 Å². The number of hydrogen-bond donors (Lipinski definition) is 0. The van der Waals surface area contributed by atoms with Crippen molar-refractivity contribution in [3.8, 4) is 0 Å². The average molecular weight is 222 g/mol. The van der Waals surface area contributed by atoms with Crippen LogP contribution in [0.15, 0.2) is 0 Å². The van der Waals surface area contributed by atoms with Gasteiger partial charge in [0.25, 0.3) is 0 Å². The molecule has 5 atom stereocenters. The largest absolute Gasteiger partial charge is 0.362 e. The third-order valence-electron chi connectivity index (χ3n) is 5.46. The Hall–Kier alpha value is -0.370. The zero-order valence-electron chi connectivity index (χ0n) is 10.6. The topological polar surface area (TPSA) is 29.6 Å². The number of carbonyl (C=O) groups is 1. The predicted octanol–water partition coefficient (Wildman–Crippen LogP) is 2.95. The van der Waals surface area contributed by atoms with E-state index in [-0.39, 0.29) is 11.2 Å². The summed E-state index contributed by atoms with van der Waals surface area (Å²) in [6, 6.07) is 0. The van der Waals surface area contributed by atoms with Crippen molar-refractivity contribution < 1.29 is 9.53 Å². The molecule has 1 aliphatic heterocycles. The van der Waals surface area contributed by atoms with Crippen molar-refractivity contribution in [2.45, 2.75) is 64.1 Å². The summed E-state index contributed by atoms with van der Waals surface area (Å²) < 4.78 is 6.16. The summed E-state index contributed by atoms with van der Waals surface area (Å²) in [6.07, 6.45) is 5.72. The van der Waals surface area contributed by atoms with Crippen molar-refractivity contribution in [1.82, 2.24) is 0 Å². The van der Waals surface area contributed by atoms with Crippen LogP contribution in [0.25, 0.3) is 0 Å². The molecular weight excluding hydrogens is 200 g/mol. The third kappa shape index (κ3) is 1.14. The number of ketones is 1. The summed E-state index contributed by atoms with van der Waals surface area (Å²) in [5.41, 5.74) is 0.211. The quantitative estimate of drug-likeness (QED) is 0.672. The summed E-state index contributed by atoms with van der Waals surface area (Å²) in [7, 11) is 0. The minimum absolute atomic E-state index is 0.0936. The molecule has 3 aliphatic rings. The van der Waals surface area contributed by atoms with Crippen LogP contribution in [0.5, 0.6) is 0 Å². The van der Waals surface area contributed by atoms with Gasteiger partial charge in [-0.15, -0.1) is 0 Å². The highest BCUT2D eigenvalue weighted by atomic mass is 16.6. The van der Waals surface area contributed by atoms with Crippen molar-refractivity contribution in [2.24, 2.45) is 17.8 Å². The van der Waals surface area contributed by atoms with Crippen LogP contribution >= 0.6 is 0 Å². The van der Waals surface area contributed by atoms with Gasteiger partial charge in [-0.25, -0.2) is 0 Å². The minimum atomic E-state index is 0.0936. The van der Waals surface area contributed by atoms with Gasteiger partial charge < -0.3 is 9.53 Å². The lowest BCUT2D eigenvalue weighted by atomic mass is 9.65. The second-order valence-corrected chi connectivity index (χ2v) is 6.43. The Morgan fingerprint density at radius 3 is 2.75 bits per heavy atom. The molecule has 0 aromatic rings. The summed E-state index contributed by atoms with van der Waals surface area (Å²) in [4.78, 5) is 11.4. The Morgan fingerprint density at radius 1 is 1.38 bits per heavy atom. The molecule has 0 radical (unpaired) electrons. The molecule has 1 heterocycles. The van der Waals surface area contributed by atoms with Crippen molar-refractivity contribution in [3.63, 3.8) is 0 Å². The van der Waals surface area contributed by atoms with Crippen LogP contribution in [0, 0.1) is 17.8 Å². The second-order valence-electron chi connectivity index (χ2n) is 6.43. The monoisotopic (exact) mass is 222 g/mol. The molecule has 5 unspecified atom stereocenters. The molecule has 0 N–H and O–H groups in total. The van der Waals surface area contributed by atoms with Crippen molar-refractivity contribution in [2.75, 3.05) is 0 Å². The maximum atomic E-state index is 11.4. The van der Waals surface area contributed by atoms with E-state index in [0.717, 1.165) is 18.3 Å². The van der Waals surface area contributed by atoms with Gasteiger partial charge in [-0.3, -0.25) is 0 Å². The van der Waals surface area contributed by atoms with Crippen molar-refractivity contribution >= 4 is 5.78 Å². The van der Waals surface area contributed by atoms with E-state index in [4.69, 9.17) is 4.74 Å². The van der Waals surface area contributed by atoms with Gasteiger partial charge in [0, 0.05) is 6.42 Å².